The van der Waals surface area contributed by atoms with E-state index in [1.54, 1.807) is 0 Å². The zero-order valence-corrected chi connectivity index (χ0v) is 14.6. The summed E-state index contributed by atoms with van der Waals surface area (Å²) in [4.78, 5) is 12.8. The third-order valence-corrected chi connectivity index (χ3v) is 5.13. The topological polar surface area (TPSA) is 30.2 Å². The summed E-state index contributed by atoms with van der Waals surface area (Å²) in [7, 11) is 0. The van der Waals surface area contributed by atoms with E-state index in [0.29, 0.717) is 17.6 Å². The summed E-state index contributed by atoms with van der Waals surface area (Å²) < 4.78 is 6.35. The predicted molar refractivity (Wildman–Crippen MR) is 108 cm³/mol. The molecule has 2 nitrogen and oxygen atoms in total. The Kier molecular flexibility index (Phi) is 3.32. The van der Waals surface area contributed by atoms with E-state index < -0.39 is 0 Å². The van der Waals surface area contributed by atoms with E-state index in [0.717, 1.165) is 44.3 Å². The Labute approximate surface area is 151 Å². The standard InChI is InChI=1S/C24H18O2/c1-2-7-21(25)20-14-16-9-4-5-10-17(16)22-19-13-12-15-8-3-6-11-18(15)23(19)26-24(20)22/h3-6,8-14H,2,7H2,1H3. The van der Waals surface area contributed by atoms with Gasteiger partial charge in [-0.25, -0.2) is 0 Å². The van der Waals surface area contributed by atoms with Crippen molar-refractivity contribution in [2.75, 3.05) is 0 Å². The number of furan rings is 1. The summed E-state index contributed by atoms with van der Waals surface area (Å²) in [6, 6.07) is 22.7. The normalized spacial score (nSPS) is 11.7. The Morgan fingerprint density at radius 1 is 0.808 bits per heavy atom. The van der Waals surface area contributed by atoms with Crippen LogP contribution in [0.2, 0.25) is 0 Å². The van der Waals surface area contributed by atoms with E-state index in [4.69, 9.17) is 4.42 Å². The Morgan fingerprint density at radius 2 is 1.54 bits per heavy atom. The molecular weight excluding hydrogens is 320 g/mol. The van der Waals surface area contributed by atoms with Crippen LogP contribution in [0.4, 0.5) is 0 Å². The van der Waals surface area contributed by atoms with Crippen LogP contribution in [0.1, 0.15) is 30.1 Å². The van der Waals surface area contributed by atoms with Gasteiger partial charge in [-0.05, 0) is 34.7 Å². The van der Waals surface area contributed by atoms with Gasteiger partial charge in [0.05, 0.1) is 5.56 Å². The summed E-state index contributed by atoms with van der Waals surface area (Å²) >= 11 is 0. The van der Waals surface area contributed by atoms with E-state index in [1.165, 1.54) is 0 Å². The van der Waals surface area contributed by atoms with Crippen LogP contribution in [-0.2, 0) is 0 Å². The number of hydrogen-bond acceptors (Lipinski definition) is 2. The fourth-order valence-corrected chi connectivity index (χ4v) is 3.92. The highest BCUT2D eigenvalue weighted by Gasteiger charge is 2.19. The summed E-state index contributed by atoms with van der Waals surface area (Å²) in [5, 5.41) is 6.55. The highest BCUT2D eigenvalue weighted by Crippen LogP contribution is 2.40. The van der Waals surface area contributed by atoms with Gasteiger partial charge in [0.2, 0.25) is 0 Å². The van der Waals surface area contributed by atoms with E-state index in [-0.39, 0.29) is 5.78 Å². The number of carbonyl (C=O) groups is 1. The van der Waals surface area contributed by atoms with Crippen LogP contribution in [0.25, 0.3) is 43.5 Å². The number of carbonyl (C=O) groups excluding carboxylic acids is 1. The fraction of sp³-hybridized carbons (Fsp3) is 0.125. The van der Waals surface area contributed by atoms with Crippen molar-refractivity contribution in [1.29, 1.82) is 0 Å². The molecule has 0 atom stereocenters. The molecule has 0 radical (unpaired) electrons. The second kappa shape index (κ2) is 5.70. The van der Waals surface area contributed by atoms with Crippen molar-refractivity contribution >= 4 is 49.3 Å². The van der Waals surface area contributed by atoms with Crippen LogP contribution in [0.5, 0.6) is 0 Å². The molecule has 126 valence electrons. The Bertz CT molecular complexity index is 1310. The number of ketones is 1. The third kappa shape index (κ3) is 2.08. The maximum Gasteiger partial charge on any atom is 0.166 e. The molecule has 0 N–H and O–H groups in total. The lowest BCUT2D eigenvalue weighted by Crippen LogP contribution is -1.98. The van der Waals surface area contributed by atoms with Crippen LogP contribution < -0.4 is 0 Å². The van der Waals surface area contributed by atoms with Gasteiger partial charge in [0.25, 0.3) is 0 Å². The number of rotatable bonds is 3. The average molecular weight is 338 g/mol. The molecule has 0 amide bonds. The largest absolute Gasteiger partial charge is 0.455 e. The van der Waals surface area contributed by atoms with Gasteiger partial charge >= 0.3 is 0 Å². The van der Waals surface area contributed by atoms with Gasteiger partial charge in [-0.1, -0.05) is 61.5 Å². The second-order valence-corrected chi connectivity index (χ2v) is 6.79. The van der Waals surface area contributed by atoms with Crippen molar-refractivity contribution in [3.8, 4) is 0 Å². The fourth-order valence-electron chi connectivity index (χ4n) is 3.92. The lowest BCUT2D eigenvalue weighted by atomic mass is 9.96. The first-order valence-electron chi connectivity index (χ1n) is 9.07. The molecule has 0 aliphatic carbocycles. The molecule has 5 aromatic rings. The van der Waals surface area contributed by atoms with Crippen molar-refractivity contribution < 1.29 is 9.21 Å². The van der Waals surface area contributed by atoms with Crippen LogP contribution in [0.3, 0.4) is 0 Å². The zero-order valence-electron chi connectivity index (χ0n) is 14.6. The van der Waals surface area contributed by atoms with Gasteiger partial charge in [-0.2, -0.15) is 0 Å². The van der Waals surface area contributed by atoms with E-state index in [2.05, 4.69) is 36.4 Å². The predicted octanol–water partition coefficient (Wildman–Crippen LogP) is 6.88. The van der Waals surface area contributed by atoms with Crippen molar-refractivity contribution in [2.45, 2.75) is 19.8 Å². The van der Waals surface area contributed by atoms with E-state index in [9.17, 15) is 4.79 Å². The van der Waals surface area contributed by atoms with Gasteiger partial charge in [0.15, 0.2) is 5.78 Å². The summed E-state index contributed by atoms with van der Waals surface area (Å²) in [5.41, 5.74) is 2.27. The van der Waals surface area contributed by atoms with Crippen LogP contribution >= 0.6 is 0 Å². The van der Waals surface area contributed by atoms with Crippen molar-refractivity contribution in [3.05, 3.63) is 72.3 Å². The monoisotopic (exact) mass is 338 g/mol. The molecule has 0 saturated heterocycles. The Hall–Kier alpha value is -3.13. The average Bonchev–Trinajstić information content (AvgIpc) is 3.08. The summed E-state index contributed by atoms with van der Waals surface area (Å²) in [6.07, 6.45) is 1.36. The van der Waals surface area contributed by atoms with Gasteiger partial charge in [0.1, 0.15) is 11.2 Å². The minimum atomic E-state index is 0.145. The minimum absolute atomic E-state index is 0.145. The van der Waals surface area contributed by atoms with Crippen molar-refractivity contribution in [1.82, 2.24) is 0 Å². The first-order chi connectivity index (χ1) is 12.8. The second-order valence-electron chi connectivity index (χ2n) is 6.79. The molecule has 2 heteroatoms. The maximum atomic E-state index is 12.8. The Morgan fingerprint density at radius 3 is 2.35 bits per heavy atom. The highest BCUT2D eigenvalue weighted by atomic mass is 16.3. The van der Waals surface area contributed by atoms with E-state index >= 15 is 0 Å². The van der Waals surface area contributed by atoms with Gasteiger partial charge in [-0.3, -0.25) is 4.79 Å². The van der Waals surface area contributed by atoms with Crippen LogP contribution in [-0.4, -0.2) is 5.78 Å². The molecule has 0 unspecified atom stereocenters. The SMILES string of the molecule is CCCC(=O)c1cc2ccccc2c2c1oc1c3ccccc3ccc12. The smallest absolute Gasteiger partial charge is 0.166 e. The van der Waals surface area contributed by atoms with Crippen LogP contribution in [0, 0.1) is 0 Å². The molecule has 0 aliphatic rings. The number of hydrogen-bond donors (Lipinski definition) is 0. The molecule has 0 fully saturated rings. The lowest BCUT2D eigenvalue weighted by molar-refractivity contribution is 0.0982. The highest BCUT2D eigenvalue weighted by molar-refractivity contribution is 6.27. The Balaban J connectivity index is 2.02. The molecule has 0 spiro atoms. The van der Waals surface area contributed by atoms with Gasteiger partial charge < -0.3 is 4.42 Å². The molecule has 5 rings (SSSR count). The summed E-state index contributed by atoms with van der Waals surface area (Å²) in [6.45, 7) is 2.03. The number of fused-ring (bicyclic) bond motifs is 7. The first kappa shape index (κ1) is 15.2. The van der Waals surface area contributed by atoms with Crippen LogP contribution in [0.15, 0.2) is 71.1 Å². The number of Topliss-reactive ketones (excluding diaryl/α,β-unsaturated/α-hetero) is 1. The van der Waals surface area contributed by atoms with Gasteiger partial charge in [-0.15, -0.1) is 0 Å². The van der Waals surface area contributed by atoms with Crippen molar-refractivity contribution in [2.24, 2.45) is 0 Å². The molecule has 26 heavy (non-hydrogen) atoms. The molecule has 1 aromatic heterocycles. The molecule has 0 bridgehead atoms. The molecule has 0 saturated carbocycles. The molecule has 1 heterocycles. The minimum Gasteiger partial charge on any atom is -0.455 e. The van der Waals surface area contributed by atoms with E-state index in [1.807, 2.05) is 37.3 Å². The zero-order chi connectivity index (χ0) is 17.7. The molecule has 4 aromatic carbocycles. The lowest BCUT2D eigenvalue weighted by Gasteiger charge is -2.05. The third-order valence-electron chi connectivity index (χ3n) is 5.13. The molecule has 0 aliphatic heterocycles. The summed E-state index contributed by atoms with van der Waals surface area (Å²) in [5.74, 6) is 0.145. The number of benzene rings is 4. The maximum absolute atomic E-state index is 12.8. The quantitative estimate of drug-likeness (QED) is 0.336. The van der Waals surface area contributed by atoms with Crippen molar-refractivity contribution in [3.63, 3.8) is 0 Å². The molecular formula is C24H18O2. The van der Waals surface area contributed by atoms with Gasteiger partial charge in [0, 0.05) is 22.6 Å². The first-order valence-corrected chi connectivity index (χ1v) is 9.07.